The molecule has 1 aliphatic heterocycles. The summed E-state index contributed by atoms with van der Waals surface area (Å²) in [6.45, 7) is 2.00. The predicted molar refractivity (Wildman–Crippen MR) is 90.8 cm³/mol. The van der Waals surface area contributed by atoms with Gasteiger partial charge in [0.2, 0.25) is 0 Å². The number of methoxy groups -OCH3 is 1. The van der Waals surface area contributed by atoms with Crippen molar-refractivity contribution < 1.29 is 17.9 Å². The molecule has 4 rings (SSSR count). The van der Waals surface area contributed by atoms with Gasteiger partial charge in [-0.05, 0) is 86.7 Å². The van der Waals surface area contributed by atoms with Crippen molar-refractivity contribution >= 4 is 0 Å². The SMILES string of the molecule is COc1ccc(C(F)(F)F)cc1C1CCN(C2C[C@H]3CCC2C3)CC1. The van der Waals surface area contributed by atoms with Crippen molar-refractivity contribution in [2.75, 3.05) is 20.2 Å². The molecule has 1 aromatic carbocycles. The van der Waals surface area contributed by atoms with E-state index >= 15 is 0 Å². The van der Waals surface area contributed by atoms with Gasteiger partial charge in [0, 0.05) is 6.04 Å². The number of ether oxygens (including phenoxy) is 1. The van der Waals surface area contributed by atoms with E-state index in [4.69, 9.17) is 4.74 Å². The molecule has 2 saturated carbocycles. The van der Waals surface area contributed by atoms with E-state index in [0.717, 1.165) is 55.4 Å². The summed E-state index contributed by atoms with van der Waals surface area (Å²) >= 11 is 0. The highest BCUT2D eigenvalue weighted by Crippen LogP contribution is 2.48. The summed E-state index contributed by atoms with van der Waals surface area (Å²) in [5.41, 5.74) is 0.156. The largest absolute Gasteiger partial charge is 0.496 e. The lowest BCUT2D eigenvalue weighted by Crippen LogP contribution is -2.43. The fourth-order valence-electron chi connectivity index (χ4n) is 5.43. The number of hydrogen-bond donors (Lipinski definition) is 0. The second-order valence-electron chi connectivity index (χ2n) is 8.01. The maximum absolute atomic E-state index is 13.1. The number of rotatable bonds is 3. The van der Waals surface area contributed by atoms with Crippen LogP contribution in [-0.2, 0) is 6.18 Å². The lowest BCUT2D eigenvalue weighted by Gasteiger charge is -2.40. The monoisotopic (exact) mass is 353 g/mol. The van der Waals surface area contributed by atoms with Gasteiger partial charge in [-0.15, -0.1) is 0 Å². The van der Waals surface area contributed by atoms with Crippen LogP contribution in [0.2, 0.25) is 0 Å². The Bertz CT molecular complexity index is 622. The second-order valence-corrected chi connectivity index (χ2v) is 8.01. The van der Waals surface area contributed by atoms with Crippen LogP contribution >= 0.6 is 0 Å². The number of piperidine rings is 1. The van der Waals surface area contributed by atoms with Gasteiger partial charge in [0.05, 0.1) is 12.7 Å². The topological polar surface area (TPSA) is 12.5 Å². The summed E-state index contributed by atoms with van der Waals surface area (Å²) in [6.07, 6.45) is 3.05. The van der Waals surface area contributed by atoms with Crippen molar-refractivity contribution in [2.24, 2.45) is 11.8 Å². The Kier molecular flexibility index (Phi) is 4.47. The summed E-state index contributed by atoms with van der Waals surface area (Å²) in [5.74, 6) is 2.54. The molecule has 2 aliphatic carbocycles. The van der Waals surface area contributed by atoms with Gasteiger partial charge in [0.15, 0.2) is 0 Å². The van der Waals surface area contributed by atoms with E-state index in [1.165, 1.54) is 44.9 Å². The quantitative estimate of drug-likeness (QED) is 0.751. The van der Waals surface area contributed by atoms with Crippen LogP contribution in [0.5, 0.6) is 5.75 Å². The van der Waals surface area contributed by atoms with E-state index < -0.39 is 11.7 Å². The molecular weight excluding hydrogens is 327 g/mol. The summed E-state index contributed by atoms with van der Waals surface area (Å²) in [4.78, 5) is 2.61. The number of benzene rings is 1. The van der Waals surface area contributed by atoms with Gasteiger partial charge in [-0.3, -0.25) is 0 Å². The molecule has 1 saturated heterocycles. The number of halogens is 3. The summed E-state index contributed by atoms with van der Waals surface area (Å²) in [5, 5.41) is 0. The van der Waals surface area contributed by atoms with Crippen molar-refractivity contribution in [3.05, 3.63) is 29.3 Å². The molecule has 25 heavy (non-hydrogen) atoms. The standard InChI is InChI=1S/C20H26F3NO/c1-25-19-5-4-16(20(21,22)23)12-17(19)14-6-8-24(9-7-14)18-11-13-2-3-15(18)10-13/h4-5,12-15,18H,2-3,6-11H2,1H3/t13-,15?,18?/m0/s1. The third kappa shape index (κ3) is 3.27. The van der Waals surface area contributed by atoms with E-state index in [9.17, 15) is 13.2 Å². The number of hydrogen-bond acceptors (Lipinski definition) is 2. The van der Waals surface area contributed by atoms with Crippen LogP contribution in [0.1, 0.15) is 55.6 Å². The van der Waals surface area contributed by atoms with Gasteiger partial charge in [-0.2, -0.15) is 13.2 Å². The van der Waals surface area contributed by atoms with Crippen LogP contribution < -0.4 is 4.74 Å². The minimum absolute atomic E-state index is 0.159. The summed E-state index contributed by atoms with van der Waals surface area (Å²) in [7, 11) is 1.54. The molecule has 0 amide bonds. The minimum atomic E-state index is -4.30. The summed E-state index contributed by atoms with van der Waals surface area (Å²) < 4.78 is 44.6. The maximum atomic E-state index is 13.1. The van der Waals surface area contributed by atoms with Crippen molar-refractivity contribution in [3.63, 3.8) is 0 Å². The van der Waals surface area contributed by atoms with Crippen molar-refractivity contribution in [1.29, 1.82) is 0 Å². The van der Waals surface area contributed by atoms with Gasteiger partial charge in [0.25, 0.3) is 0 Å². The van der Waals surface area contributed by atoms with E-state index in [1.807, 2.05) is 0 Å². The van der Waals surface area contributed by atoms with E-state index in [0.29, 0.717) is 5.75 Å². The van der Waals surface area contributed by atoms with E-state index in [2.05, 4.69) is 4.90 Å². The van der Waals surface area contributed by atoms with E-state index in [-0.39, 0.29) is 5.92 Å². The first-order chi connectivity index (χ1) is 12.0. The Balaban J connectivity index is 1.46. The molecule has 0 spiro atoms. The molecule has 0 aromatic heterocycles. The maximum Gasteiger partial charge on any atom is 0.416 e. The highest BCUT2D eigenvalue weighted by molar-refractivity contribution is 5.41. The molecule has 2 nitrogen and oxygen atoms in total. The van der Waals surface area contributed by atoms with Crippen molar-refractivity contribution in [1.82, 2.24) is 4.90 Å². The molecule has 2 bridgehead atoms. The average molecular weight is 353 g/mol. The number of alkyl halides is 3. The van der Waals surface area contributed by atoms with Crippen LogP contribution in [0.15, 0.2) is 18.2 Å². The Morgan fingerprint density at radius 1 is 1.04 bits per heavy atom. The van der Waals surface area contributed by atoms with Gasteiger partial charge < -0.3 is 9.64 Å². The third-order valence-electron chi connectivity index (χ3n) is 6.70. The lowest BCUT2D eigenvalue weighted by atomic mass is 9.85. The van der Waals surface area contributed by atoms with Crippen LogP contribution in [0, 0.1) is 11.8 Å². The number of fused-ring (bicyclic) bond motifs is 2. The summed E-state index contributed by atoms with van der Waals surface area (Å²) in [6, 6.07) is 4.62. The molecule has 3 fully saturated rings. The molecule has 1 aromatic rings. The normalized spacial score (nSPS) is 30.8. The zero-order valence-electron chi connectivity index (χ0n) is 14.7. The first kappa shape index (κ1) is 17.2. The minimum Gasteiger partial charge on any atom is -0.496 e. The second kappa shape index (κ2) is 6.49. The highest BCUT2D eigenvalue weighted by atomic mass is 19.4. The van der Waals surface area contributed by atoms with Crippen molar-refractivity contribution in [3.8, 4) is 5.75 Å². The molecule has 0 radical (unpaired) electrons. The van der Waals surface area contributed by atoms with Crippen LogP contribution in [-0.4, -0.2) is 31.1 Å². The third-order valence-corrected chi connectivity index (χ3v) is 6.70. The Labute approximate surface area is 147 Å². The smallest absolute Gasteiger partial charge is 0.416 e. The predicted octanol–water partition coefficient (Wildman–Crippen LogP) is 5.08. The molecule has 138 valence electrons. The fourth-order valence-corrected chi connectivity index (χ4v) is 5.43. The first-order valence-corrected chi connectivity index (χ1v) is 9.45. The van der Waals surface area contributed by atoms with Gasteiger partial charge >= 0.3 is 6.18 Å². The first-order valence-electron chi connectivity index (χ1n) is 9.45. The van der Waals surface area contributed by atoms with Crippen LogP contribution in [0.4, 0.5) is 13.2 Å². The molecule has 3 atom stereocenters. The fraction of sp³-hybridized carbons (Fsp3) is 0.700. The average Bonchev–Trinajstić information content (AvgIpc) is 3.24. The Hall–Kier alpha value is -1.23. The molecule has 1 heterocycles. The Morgan fingerprint density at radius 3 is 2.36 bits per heavy atom. The van der Waals surface area contributed by atoms with Crippen LogP contribution in [0.3, 0.4) is 0 Å². The van der Waals surface area contributed by atoms with E-state index in [1.54, 1.807) is 0 Å². The molecule has 3 aliphatic rings. The number of nitrogens with zero attached hydrogens (tertiary/aromatic N) is 1. The number of likely N-dealkylation sites (tertiary alicyclic amines) is 1. The van der Waals surface area contributed by atoms with Gasteiger partial charge in [-0.25, -0.2) is 0 Å². The Morgan fingerprint density at radius 2 is 1.80 bits per heavy atom. The lowest BCUT2D eigenvalue weighted by molar-refractivity contribution is -0.137. The molecule has 2 unspecified atom stereocenters. The molecule has 0 N–H and O–H groups in total. The van der Waals surface area contributed by atoms with Gasteiger partial charge in [0.1, 0.15) is 5.75 Å². The van der Waals surface area contributed by atoms with Gasteiger partial charge in [-0.1, -0.05) is 6.42 Å². The van der Waals surface area contributed by atoms with Crippen molar-refractivity contribution in [2.45, 2.75) is 56.7 Å². The molecule has 5 heteroatoms. The zero-order valence-corrected chi connectivity index (χ0v) is 14.7. The molecular formula is C20H26F3NO. The highest BCUT2D eigenvalue weighted by Gasteiger charge is 2.43. The van der Waals surface area contributed by atoms with Crippen LogP contribution in [0.25, 0.3) is 0 Å². The zero-order chi connectivity index (χ0) is 17.6.